The molecule has 2 atom stereocenters. The zero-order chi connectivity index (χ0) is 11.7. The van der Waals surface area contributed by atoms with Crippen LogP contribution in [0, 0.1) is 11.8 Å². The number of rotatable bonds is 8. The number of amides is 1. The van der Waals surface area contributed by atoms with Gasteiger partial charge in [0.2, 0.25) is 5.91 Å². The minimum absolute atomic E-state index is 0.0586. The summed E-state index contributed by atoms with van der Waals surface area (Å²) in [5.74, 6) is 0.537. The first-order valence-electron chi connectivity index (χ1n) is 5.58. The highest BCUT2D eigenvalue weighted by atomic mass is 16.5. The Bertz CT molecular complexity index is 174. The van der Waals surface area contributed by atoms with Crippen LogP contribution < -0.4 is 11.1 Å². The number of hydrogen-bond donors (Lipinski definition) is 2. The van der Waals surface area contributed by atoms with Crippen molar-refractivity contribution in [3.63, 3.8) is 0 Å². The highest BCUT2D eigenvalue weighted by Gasteiger charge is 2.12. The van der Waals surface area contributed by atoms with Gasteiger partial charge in [0.1, 0.15) is 0 Å². The fourth-order valence-corrected chi connectivity index (χ4v) is 1.35. The van der Waals surface area contributed by atoms with E-state index in [0.717, 1.165) is 12.8 Å². The van der Waals surface area contributed by atoms with E-state index >= 15 is 0 Å². The van der Waals surface area contributed by atoms with Crippen LogP contribution in [0.5, 0.6) is 0 Å². The number of hydrogen-bond acceptors (Lipinski definition) is 3. The topological polar surface area (TPSA) is 64.3 Å². The van der Waals surface area contributed by atoms with Gasteiger partial charge in [-0.25, -0.2) is 0 Å². The zero-order valence-electron chi connectivity index (χ0n) is 10.1. The average molecular weight is 216 g/mol. The third-order valence-electron chi connectivity index (χ3n) is 2.36. The van der Waals surface area contributed by atoms with Crippen LogP contribution in [-0.2, 0) is 9.53 Å². The van der Waals surface area contributed by atoms with Gasteiger partial charge in [-0.3, -0.25) is 4.79 Å². The summed E-state index contributed by atoms with van der Waals surface area (Å²) < 4.78 is 4.99. The van der Waals surface area contributed by atoms with E-state index in [1.165, 1.54) is 0 Å². The summed E-state index contributed by atoms with van der Waals surface area (Å²) in [6.45, 7) is 6.00. The molecule has 0 spiro atoms. The van der Waals surface area contributed by atoms with Crippen molar-refractivity contribution >= 4 is 5.91 Å². The molecule has 15 heavy (non-hydrogen) atoms. The van der Waals surface area contributed by atoms with Crippen LogP contribution in [0.2, 0.25) is 0 Å². The number of nitrogens with one attached hydrogen (secondary N) is 1. The Hall–Kier alpha value is -0.610. The third-order valence-corrected chi connectivity index (χ3v) is 2.36. The zero-order valence-corrected chi connectivity index (χ0v) is 10.1. The molecule has 0 aliphatic carbocycles. The van der Waals surface area contributed by atoms with Crippen LogP contribution in [0.3, 0.4) is 0 Å². The maximum Gasteiger partial charge on any atom is 0.222 e. The van der Waals surface area contributed by atoms with Gasteiger partial charge in [0.25, 0.3) is 0 Å². The Labute approximate surface area is 92.6 Å². The molecule has 0 aromatic carbocycles. The number of methoxy groups -OCH3 is 1. The molecule has 0 bridgehead atoms. The second-order valence-corrected chi connectivity index (χ2v) is 4.14. The number of carbonyl (C=O) groups is 1. The lowest BCUT2D eigenvalue weighted by Crippen LogP contribution is -2.34. The molecule has 0 saturated heterocycles. The fourth-order valence-electron chi connectivity index (χ4n) is 1.35. The SMILES string of the molecule is COCC(C)CNC(=O)C(C)CCCN. The monoisotopic (exact) mass is 216 g/mol. The molecule has 0 heterocycles. The fraction of sp³-hybridized carbons (Fsp3) is 0.909. The van der Waals surface area contributed by atoms with Crippen LogP contribution in [0.15, 0.2) is 0 Å². The Kier molecular flexibility index (Phi) is 8.33. The molecule has 90 valence electrons. The molecule has 0 aliphatic heterocycles. The number of carbonyl (C=O) groups excluding carboxylic acids is 1. The molecule has 0 aromatic heterocycles. The van der Waals surface area contributed by atoms with Crippen LogP contribution >= 0.6 is 0 Å². The van der Waals surface area contributed by atoms with E-state index in [1.807, 2.05) is 13.8 Å². The van der Waals surface area contributed by atoms with Crippen LogP contribution in [0.4, 0.5) is 0 Å². The van der Waals surface area contributed by atoms with E-state index in [9.17, 15) is 4.79 Å². The lowest BCUT2D eigenvalue weighted by molar-refractivity contribution is -0.124. The summed E-state index contributed by atoms with van der Waals surface area (Å²) in [5, 5.41) is 2.92. The molecule has 3 N–H and O–H groups in total. The molecule has 4 heteroatoms. The Morgan fingerprint density at radius 2 is 2.13 bits per heavy atom. The van der Waals surface area contributed by atoms with Crippen molar-refractivity contribution in [3.8, 4) is 0 Å². The molecular weight excluding hydrogens is 192 g/mol. The summed E-state index contributed by atoms with van der Waals surface area (Å²) >= 11 is 0. The van der Waals surface area contributed by atoms with Crippen molar-refractivity contribution in [3.05, 3.63) is 0 Å². The normalized spacial score (nSPS) is 14.7. The summed E-state index contributed by atoms with van der Waals surface area (Å²) in [6, 6.07) is 0. The first-order chi connectivity index (χ1) is 7.11. The van der Waals surface area contributed by atoms with E-state index in [4.69, 9.17) is 10.5 Å². The van der Waals surface area contributed by atoms with Gasteiger partial charge in [0.15, 0.2) is 0 Å². The molecular formula is C11H24N2O2. The lowest BCUT2D eigenvalue weighted by atomic mass is 10.0. The largest absolute Gasteiger partial charge is 0.384 e. The predicted molar refractivity (Wildman–Crippen MR) is 61.5 cm³/mol. The minimum Gasteiger partial charge on any atom is -0.384 e. The van der Waals surface area contributed by atoms with Gasteiger partial charge < -0.3 is 15.8 Å². The van der Waals surface area contributed by atoms with Crippen LogP contribution in [0.1, 0.15) is 26.7 Å². The van der Waals surface area contributed by atoms with Crippen molar-refractivity contribution in [2.45, 2.75) is 26.7 Å². The summed E-state index contributed by atoms with van der Waals surface area (Å²) in [6.07, 6.45) is 1.77. The molecule has 0 rings (SSSR count). The Balaban J connectivity index is 3.63. The molecule has 0 saturated carbocycles. The molecule has 0 aliphatic rings. The van der Waals surface area contributed by atoms with Crippen molar-refractivity contribution in [1.29, 1.82) is 0 Å². The van der Waals surface area contributed by atoms with Gasteiger partial charge in [0.05, 0.1) is 6.61 Å². The van der Waals surface area contributed by atoms with Crippen molar-refractivity contribution in [2.75, 3.05) is 26.8 Å². The molecule has 2 unspecified atom stereocenters. The van der Waals surface area contributed by atoms with Crippen LogP contribution in [-0.4, -0.2) is 32.7 Å². The summed E-state index contributed by atoms with van der Waals surface area (Å²) in [5.41, 5.74) is 5.39. The minimum atomic E-state index is 0.0586. The maximum absolute atomic E-state index is 11.6. The Morgan fingerprint density at radius 3 is 2.67 bits per heavy atom. The molecule has 0 aromatic rings. The van der Waals surface area contributed by atoms with Gasteiger partial charge in [-0.15, -0.1) is 0 Å². The van der Waals surface area contributed by atoms with E-state index in [2.05, 4.69) is 5.32 Å². The third kappa shape index (κ3) is 7.33. The highest BCUT2D eigenvalue weighted by molar-refractivity contribution is 5.78. The van der Waals surface area contributed by atoms with E-state index in [1.54, 1.807) is 7.11 Å². The highest BCUT2D eigenvalue weighted by Crippen LogP contribution is 2.04. The smallest absolute Gasteiger partial charge is 0.222 e. The molecule has 0 radical (unpaired) electrons. The van der Waals surface area contributed by atoms with E-state index < -0.39 is 0 Å². The quantitative estimate of drug-likeness (QED) is 0.629. The van der Waals surface area contributed by atoms with Crippen molar-refractivity contribution < 1.29 is 9.53 Å². The maximum atomic E-state index is 11.6. The summed E-state index contributed by atoms with van der Waals surface area (Å²) in [4.78, 5) is 11.6. The van der Waals surface area contributed by atoms with Crippen molar-refractivity contribution in [1.82, 2.24) is 5.32 Å². The second kappa shape index (κ2) is 8.68. The van der Waals surface area contributed by atoms with Gasteiger partial charge in [-0.1, -0.05) is 13.8 Å². The first-order valence-corrected chi connectivity index (χ1v) is 5.58. The van der Waals surface area contributed by atoms with Gasteiger partial charge in [0, 0.05) is 19.6 Å². The van der Waals surface area contributed by atoms with Gasteiger partial charge >= 0.3 is 0 Å². The van der Waals surface area contributed by atoms with E-state index in [-0.39, 0.29) is 11.8 Å². The summed E-state index contributed by atoms with van der Waals surface area (Å²) in [7, 11) is 1.67. The van der Waals surface area contributed by atoms with Gasteiger partial charge in [-0.05, 0) is 25.3 Å². The number of nitrogens with two attached hydrogens (primary N) is 1. The lowest BCUT2D eigenvalue weighted by Gasteiger charge is -2.14. The molecule has 1 amide bonds. The van der Waals surface area contributed by atoms with Crippen molar-refractivity contribution in [2.24, 2.45) is 17.6 Å². The first kappa shape index (κ1) is 14.4. The van der Waals surface area contributed by atoms with Gasteiger partial charge in [-0.2, -0.15) is 0 Å². The predicted octanol–water partition coefficient (Wildman–Crippen LogP) is 0.760. The molecule has 0 fully saturated rings. The average Bonchev–Trinajstić information content (AvgIpc) is 2.22. The molecule has 4 nitrogen and oxygen atoms in total. The van der Waals surface area contributed by atoms with Crippen LogP contribution in [0.25, 0.3) is 0 Å². The number of ether oxygens (including phenoxy) is 1. The second-order valence-electron chi connectivity index (χ2n) is 4.14. The van der Waals surface area contributed by atoms with E-state index in [0.29, 0.717) is 25.6 Å². The Morgan fingerprint density at radius 1 is 1.47 bits per heavy atom. The standard InChI is InChI=1S/C11H24N2O2/c1-9(8-15-3)7-13-11(14)10(2)5-4-6-12/h9-10H,4-8,12H2,1-3H3,(H,13,14).